The molecule has 17 heavy (non-hydrogen) atoms. The van der Waals surface area contributed by atoms with Crippen molar-refractivity contribution >= 4 is 5.69 Å². The summed E-state index contributed by atoms with van der Waals surface area (Å²) in [5.41, 5.74) is -0.215. The fourth-order valence-corrected chi connectivity index (χ4v) is 1.87. The lowest BCUT2D eigenvalue weighted by molar-refractivity contribution is 0.121. The van der Waals surface area contributed by atoms with Gasteiger partial charge in [-0.25, -0.2) is 8.78 Å². The maximum Gasteiger partial charge on any atom is 0.183 e. The molecule has 3 nitrogen and oxygen atoms in total. The molecule has 2 unspecified atom stereocenters. The fourth-order valence-electron chi connectivity index (χ4n) is 1.87. The lowest BCUT2D eigenvalue weighted by atomic mass is 10.1. The number of anilines is 1. The molecule has 0 radical (unpaired) electrons. The van der Waals surface area contributed by atoms with Gasteiger partial charge in [-0.2, -0.15) is 5.26 Å². The second-order valence-electron chi connectivity index (χ2n) is 4.02. The van der Waals surface area contributed by atoms with E-state index in [2.05, 4.69) is 5.32 Å². The van der Waals surface area contributed by atoms with E-state index in [1.54, 1.807) is 6.07 Å². The number of halogens is 2. The number of benzene rings is 1. The van der Waals surface area contributed by atoms with Gasteiger partial charge in [0.1, 0.15) is 6.07 Å². The lowest BCUT2D eigenvalue weighted by Crippen LogP contribution is -2.27. The van der Waals surface area contributed by atoms with Gasteiger partial charge in [0, 0.05) is 6.61 Å². The van der Waals surface area contributed by atoms with Crippen LogP contribution in [-0.4, -0.2) is 18.8 Å². The number of ether oxygens (including phenoxy) is 1. The first-order valence-corrected chi connectivity index (χ1v) is 5.39. The summed E-state index contributed by atoms with van der Waals surface area (Å²) < 4.78 is 32.3. The van der Waals surface area contributed by atoms with Gasteiger partial charge in [0.05, 0.1) is 23.4 Å². The molecule has 1 heterocycles. The summed E-state index contributed by atoms with van der Waals surface area (Å²) in [5, 5.41) is 11.5. The minimum atomic E-state index is -1.11. The van der Waals surface area contributed by atoms with Crippen molar-refractivity contribution in [2.24, 2.45) is 0 Å². The molecule has 1 aliphatic rings. The molecule has 1 fully saturated rings. The molecule has 2 atom stereocenters. The number of nitrogens with zero attached hydrogens (tertiary/aromatic N) is 1. The van der Waals surface area contributed by atoms with Crippen LogP contribution >= 0.6 is 0 Å². The Balaban J connectivity index is 2.22. The van der Waals surface area contributed by atoms with Crippen molar-refractivity contribution in [1.29, 1.82) is 5.26 Å². The zero-order chi connectivity index (χ0) is 12.4. The van der Waals surface area contributed by atoms with E-state index in [0.29, 0.717) is 6.61 Å². The van der Waals surface area contributed by atoms with Crippen LogP contribution in [0.1, 0.15) is 18.9 Å². The lowest BCUT2D eigenvalue weighted by Gasteiger charge is -2.18. The third-order valence-corrected chi connectivity index (χ3v) is 2.92. The van der Waals surface area contributed by atoms with Crippen molar-refractivity contribution in [3.05, 3.63) is 29.3 Å². The number of hydrogen-bond acceptors (Lipinski definition) is 3. The highest BCUT2D eigenvalue weighted by Crippen LogP contribution is 2.24. The van der Waals surface area contributed by atoms with Gasteiger partial charge < -0.3 is 10.1 Å². The van der Waals surface area contributed by atoms with E-state index in [4.69, 9.17) is 10.00 Å². The van der Waals surface area contributed by atoms with Crippen molar-refractivity contribution in [3.8, 4) is 6.07 Å². The standard InChI is InChI=1S/C12H12F2N2O/c1-7-9(4-5-17-7)16-10-3-2-8(6-15)11(13)12(10)14/h2-3,7,9,16H,4-5H2,1H3. The summed E-state index contributed by atoms with van der Waals surface area (Å²) in [6.45, 7) is 2.49. The highest BCUT2D eigenvalue weighted by atomic mass is 19.2. The van der Waals surface area contributed by atoms with Crippen LogP contribution < -0.4 is 5.32 Å². The van der Waals surface area contributed by atoms with Crippen LogP contribution in [0, 0.1) is 23.0 Å². The Kier molecular flexibility index (Phi) is 3.25. The Morgan fingerprint density at radius 2 is 2.18 bits per heavy atom. The third kappa shape index (κ3) is 2.22. The summed E-state index contributed by atoms with van der Waals surface area (Å²) >= 11 is 0. The van der Waals surface area contributed by atoms with Crippen molar-refractivity contribution in [1.82, 2.24) is 0 Å². The zero-order valence-corrected chi connectivity index (χ0v) is 9.34. The Labute approximate surface area is 98.0 Å². The van der Waals surface area contributed by atoms with E-state index in [1.165, 1.54) is 12.1 Å². The first-order chi connectivity index (χ1) is 8.13. The average molecular weight is 238 g/mol. The molecule has 0 spiro atoms. The Hall–Kier alpha value is -1.67. The van der Waals surface area contributed by atoms with Crippen LogP contribution in [0.4, 0.5) is 14.5 Å². The minimum Gasteiger partial charge on any atom is -0.377 e. The second kappa shape index (κ2) is 4.68. The predicted octanol–water partition coefficient (Wildman–Crippen LogP) is 2.43. The van der Waals surface area contributed by atoms with E-state index in [-0.39, 0.29) is 23.4 Å². The van der Waals surface area contributed by atoms with Crippen molar-refractivity contribution in [2.75, 3.05) is 11.9 Å². The van der Waals surface area contributed by atoms with E-state index in [9.17, 15) is 8.78 Å². The van der Waals surface area contributed by atoms with Crippen molar-refractivity contribution < 1.29 is 13.5 Å². The van der Waals surface area contributed by atoms with Crippen LogP contribution in [0.25, 0.3) is 0 Å². The minimum absolute atomic E-state index is 0.0307. The molecule has 1 aromatic carbocycles. The van der Waals surface area contributed by atoms with Crippen LogP contribution in [-0.2, 0) is 4.74 Å². The Bertz CT molecular complexity index is 470. The molecular formula is C12H12F2N2O. The molecule has 1 N–H and O–H groups in total. The summed E-state index contributed by atoms with van der Waals surface area (Å²) in [7, 11) is 0. The topological polar surface area (TPSA) is 45.0 Å². The van der Waals surface area contributed by atoms with Gasteiger partial charge in [-0.15, -0.1) is 0 Å². The van der Waals surface area contributed by atoms with E-state index in [1.807, 2.05) is 6.92 Å². The van der Waals surface area contributed by atoms with Gasteiger partial charge in [0.2, 0.25) is 0 Å². The molecule has 2 rings (SSSR count). The largest absolute Gasteiger partial charge is 0.377 e. The zero-order valence-electron chi connectivity index (χ0n) is 9.34. The molecule has 0 saturated carbocycles. The highest BCUT2D eigenvalue weighted by Gasteiger charge is 2.25. The predicted molar refractivity (Wildman–Crippen MR) is 58.5 cm³/mol. The second-order valence-corrected chi connectivity index (χ2v) is 4.02. The van der Waals surface area contributed by atoms with E-state index in [0.717, 1.165) is 6.42 Å². The summed E-state index contributed by atoms with van der Waals surface area (Å²) in [6, 6.07) is 4.21. The average Bonchev–Trinajstić information content (AvgIpc) is 2.71. The SMILES string of the molecule is CC1OCCC1Nc1ccc(C#N)c(F)c1F. The fraction of sp³-hybridized carbons (Fsp3) is 0.417. The molecule has 0 aliphatic carbocycles. The quantitative estimate of drug-likeness (QED) is 0.860. The maximum absolute atomic E-state index is 13.6. The third-order valence-electron chi connectivity index (χ3n) is 2.92. The Morgan fingerprint density at radius 3 is 2.76 bits per heavy atom. The van der Waals surface area contributed by atoms with Gasteiger partial charge in [0.25, 0.3) is 0 Å². The normalized spacial score (nSPS) is 23.4. The van der Waals surface area contributed by atoms with Crippen LogP contribution in [0.3, 0.4) is 0 Å². The summed E-state index contributed by atoms with van der Waals surface area (Å²) in [4.78, 5) is 0. The summed E-state index contributed by atoms with van der Waals surface area (Å²) in [5.74, 6) is -2.12. The molecule has 0 bridgehead atoms. The molecule has 1 saturated heterocycles. The summed E-state index contributed by atoms with van der Waals surface area (Å²) in [6.07, 6.45) is 0.718. The molecule has 5 heteroatoms. The molecule has 0 aromatic heterocycles. The van der Waals surface area contributed by atoms with Gasteiger partial charge in [-0.3, -0.25) is 0 Å². The van der Waals surface area contributed by atoms with Crippen molar-refractivity contribution in [2.45, 2.75) is 25.5 Å². The number of nitrogens with one attached hydrogen (secondary N) is 1. The van der Waals surface area contributed by atoms with Gasteiger partial charge >= 0.3 is 0 Å². The van der Waals surface area contributed by atoms with Crippen LogP contribution in [0.5, 0.6) is 0 Å². The number of hydrogen-bond donors (Lipinski definition) is 1. The Morgan fingerprint density at radius 1 is 1.41 bits per heavy atom. The highest BCUT2D eigenvalue weighted by molar-refractivity contribution is 5.50. The van der Waals surface area contributed by atoms with Crippen molar-refractivity contribution in [3.63, 3.8) is 0 Å². The molecule has 1 aromatic rings. The van der Waals surface area contributed by atoms with Gasteiger partial charge in [0.15, 0.2) is 11.6 Å². The monoisotopic (exact) mass is 238 g/mol. The smallest absolute Gasteiger partial charge is 0.183 e. The number of rotatable bonds is 2. The first-order valence-electron chi connectivity index (χ1n) is 5.39. The van der Waals surface area contributed by atoms with E-state index >= 15 is 0 Å². The van der Waals surface area contributed by atoms with Crippen LogP contribution in [0.15, 0.2) is 12.1 Å². The van der Waals surface area contributed by atoms with Crippen LogP contribution in [0.2, 0.25) is 0 Å². The van der Waals surface area contributed by atoms with E-state index < -0.39 is 11.6 Å². The molecule has 1 aliphatic heterocycles. The van der Waals surface area contributed by atoms with Gasteiger partial charge in [-0.05, 0) is 25.5 Å². The van der Waals surface area contributed by atoms with Gasteiger partial charge in [-0.1, -0.05) is 0 Å². The molecule has 0 amide bonds. The number of nitriles is 1. The first kappa shape index (κ1) is 11.8. The maximum atomic E-state index is 13.6. The molecular weight excluding hydrogens is 226 g/mol. The molecule has 90 valence electrons.